The highest BCUT2D eigenvalue weighted by atomic mass is 19.4. The van der Waals surface area contributed by atoms with Crippen LogP contribution in [0.1, 0.15) is 5.56 Å². The molecule has 0 aromatic carbocycles. The summed E-state index contributed by atoms with van der Waals surface area (Å²) in [5.41, 5.74) is 0.456. The number of nitrogens with zero attached hydrogens (tertiary/aromatic N) is 1. The van der Waals surface area contributed by atoms with Crippen LogP contribution in [-0.4, -0.2) is 22.9 Å². The predicted molar refractivity (Wildman–Crippen MR) is 41.7 cm³/mol. The Morgan fingerprint density at radius 1 is 1.43 bits per heavy atom. The van der Waals surface area contributed by atoms with Crippen molar-refractivity contribution in [2.75, 3.05) is 6.61 Å². The van der Waals surface area contributed by atoms with E-state index >= 15 is 0 Å². The fourth-order valence-corrected chi connectivity index (χ4v) is 0.784. The van der Waals surface area contributed by atoms with Crippen LogP contribution in [0, 0.1) is 0 Å². The van der Waals surface area contributed by atoms with Crippen molar-refractivity contribution in [2.45, 2.75) is 12.8 Å². The molecule has 1 rings (SSSR count). The third-order valence-corrected chi connectivity index (χ3v) is 1.37. The van der Waals surface area contributed by atoms with E-state index in [0.29, 0.717) is 5.56 Å². The highest BCUT2D eigenvalue weighted by Crippen LogP contribution is 2.17. The van der Waals surface area contributed by atoms with Gasteiger partial charge in [0.2, 0.25) is 5.88 Å². The molecule has 1 heterocycles. The summed E-state index contributed by atoms with van der Waals surface area (Å²) < 4.78 is 39.5. The second-order valence-corrected chi connectivity index (χ2v) is 2.56. The lowest BCUT2D eigenvalue weighted by Gasteiger charge is -2.08. The molecular formula is C8H8F3NO2. The average Bonchev–Trinajstić information content (AvgIpc) is 2.14. The lowest BCUT2D eigenvalue weighted by atomic mass is 10.3. The highest BCUT2D eigenvalue weighted by Gasteiger charge is 2.28. The van der Waals surface area contributed by atoms with Crippen molar-refractivity contribution in [3.05, 3.63) is 23.9 Å². The first-order chi connectivity index (χ1) is 6.51. The number of aliphatic hydroxyl groups excluding tert-OH is 1. The summed E-state index contributed by atoms with van der Waals surface area (Å²) in [5.74, 6) is -0.145. The SMILES string of the molecule is OCc1ccnc(OCC(F)(F)F)c1. The lowest BCUT2D eigenvalue weighted by Crippen LogP contribution is -2.19. The van der Waals surface area contributed by atoms with E-state index in [2.05, 4.69) is 9.72 Å². The number of pyridine rings is 1. The first kappa shape index (κ1) is 10.8. The van der Waals surface area contributed by atoms with E-state index in [1.165, 1.54) is 18.3 Å². The molecule has 0 saturated heterocycles. The molecule has 0 unspecified atom stereocenters. The molecule has 0 aliphatic carbocycles. The summed E-state index contributed by atoms with van der Waals surface area (Å²) >= 11 is 0. The Kier molecular flexibility index (Phi) is 3.29. The Morgan fingerprint density at radius 3 is 2.71 bits per heavy atom. The number of aromatic nitrogens is 1. The van der Waals surface area contributed by atoms with Gasteiger partial charge in [0.15, 0.2) is 6.61 Å². The third-order valence-electron chi connectivity index (χ3n) is 1.37. The molecule has 1 aromatic heterocycles. The molecule has 6 heteroatoms. The molecule has 1 N–H and O–H groups in total. The number of hydrogen-bond donors (Lipinski definition) is 1. The molecule has 0 fully saturated rings. The van der Waals surface area contributed by atoms with Crippen LogP contribution in [0.3, 0.4) is 0 Å². The van der Waals surface area contributed by atoms with Gasteiger partial charge in [-0.05, 0) is 11.6 Å². The Labute approximate surface area is 78.2 Å². The third kappa shape index (κ3) is 3.61. The maximum atomic E-state index is 11.7. The van der Waals surface area contributed by atoms with Gasteiger partial charge in [-0.25, -0.2) is 4.98 Å². The van der Waals surface area contributed by atoms with Crippen LogP contribution in [0.5, 0.6) is 5.88 Å². The van der Waals surface area contributed by atoms with Gasteiger partial charge in [-0.15, -0.1) is 0 Å². The zero-order valence-corrected chi connectivity index (χ0v) is 7.08. The lowest BCUT2D eigenvalue weighted by molar-refractivity contribution is -0.154. The summed E-state index contributed by atoms with van der Waals surface area (Å²) in [6.07, 6.45) is -3.10. The van der Waals surface area contributed by atoms with Crippen LogP contribution in [-0.2, 0) is 6.61 Å². The number of aliphatic hydroxyl groups is 1. The van der Waals surface area contributed by atoms with Crippen LogP contribution in [0.4, 0.5) is 13.2 Å². The van der Waals surface area contributed by atoms with E-state index in [1.807, 2.05) is 0 Å². The number of hydrogen-bond acceptors (Lipinski definition) is 3. The number of alkyl halides is 3. The van der Waals surface area contributed by atoms with E-state index in [4.69, 9.17) is 5.11 Å². The van der Waals surface area contributed by atoms with Crippen molar-refractivity contribution in [3.8, 4) is 5.88 Å². The van der Waals surface area contributed by atoms with Crippen molar-refractivity contribution in [1.29, 1.82) is 0 Å². The molecule has 0 spiro atoms. The molecular weight excluding hydrogens is 199 g/mol. The molecule has 78 valence electrons. The minimum Gasteiger partial charge on any atom is -0.468 e. The van der Waals surface area contributed by atoms with Gasteiger partial charge in [-0.2, -0.15) is 13.2 Å². The van der Waals surface area contributed by atoms with Gasteiger partial charge in [-0.3, -0.25) is 0 Å². The molecule has 0 aliphatic heterocycles. The van der Waals surface area contributed by atoms with Crippen LogP contribution in [0.15, 0.2) is 18.3 Å². The molecule has 1 aromatic rings. The zero-order valence-electron chi connectivity index (χ0n) is 7.08. The van der Waals surface area contributed by atoms with E-state index < -0.39 is 12.8 Å². The second-order valence-electron chi connectivity index (χ2n) is 2.56. The van der Waals surface area contributed by atoms with E-state index in [-0.39, 0.29) is 12.5 Å². The molecule has 0 atom stereocenters. The first-order valence-corrected chi connectivity index (χ1v) is 3.76. The van der Waals surface area contributed by atoms with Crippen molar-refractivity contribution in [2.24, 2.45) is 0 Å². The standard InChI is InChI=1S/C8H8F3NO2/c9-8(10,11)5-14-7-3-6(4-13)1-2-12-7/h1-3,13H,4-5H2. The number of halogens is 3. The predicted octanol–water partition coefficient (Wildman–Crippen LogP) is 1.52. The summed E-state index contributed by atoms with van der Waals surface area (Å²) in [7, 11) is 0. The monoisotopic (exact) mass is 207 g/mol. The Hall–Kier alpha value is -1.30. The Bertz CT molecular complexity index is 301. The second kappa shape index (κ2) is 4.28. The van der Waals surface area contributed by atoms with Gasteiger partial charge in [0, 0.05) is 12.3 Å². The minimum atomic E-state index is -4.38. The normalized spacial score (nSPS) is 11.4. The van der Waals surface area contributed by atoms with Gasteiger partial charge in [0.05, 0.1) is 6.61 Å². The molecule has 0 saturated carbocycles. The van der Waals surface area contributed by atoms with Crippen molar-refractivity contribution >= 4 is 0 Å². The Morgan fingerprint density at radius 2 is 2.14 bits per heavy atom. The molecule has 3 nitrogen and oxygen atoms in total. The largest absolute Gasteiger partial charge is 0.468 e. The summed E-state index contributed by atoms with van der Waals surface area (Å²) in [4.78, 5) is 3.56. The van der Waals surface area contributed by atoms with Crippen LogP contribution >= 0.6 is 0 Å². The first-order valence-electron chi connectivity index (χ1n) is 3.76. The van der Waals surface area contributed by atoms with E-state index in [1.54, 1.807) is 0 Å². The molecule has 0 bridgehead atoms. The van der Waals surface area contributed by atoms with Crippen molar-refractivity contribution in [3.63, 3.8) is 0 Å². The van der Waals surface area contributed by atoms with Crippen LogP contribution in [0.2, 0.25) is 0 Å². The molecule has 14 heavy (non-hydrogen) atoms. The minimum absolute atomic E-state index is 0.145. The zero-order chi connectivity index (χ0) is 10.6. The summed E-state index contributed by atoms with van der Waals surface area (Å²) in [6.45, 7) is -1.64. The molecule has 0 amide bonds. The maximum Gasteiger partial charge on any atom is 0.422 e. The molecule has 0 aliphatic rings. The topological polar surface area (TPSA) is 42.4 Å². The maximum absolute atomic E-state index is 11.7. The fraction of sp³-hybridized carbons (Fsp3) is 0.375. The van der Waals surface area contributed by atoms with Crippen LogP contribution in [0.25, 0.3) is 0 Å². The van der Waals surface area contributed by atoms with E-state index in [0.717, 1.165) is 0 Å². The van der Waals surface area contributed by atoms with Gasteiger partial charge < -0.3 is 9.84 Å². The number of ether oxygens (including phenoxy) is 1. The van der Waals surface area contributed by atoms with Gasteiger partial charge in [0.25, 0.3) is 0 Å². The average molecular weight is 207 g/mol. The highest BCUT2D eigenvalue weighted by molar-refractivity contribution is 5.19. The van der Waals surface area contributed by atoms with Gasteiger partial charge >= 0.3 is 6.18 Å². The van der Waals surface area contributed by atoms with Crippen LogP contribution < -0.4 is 4.74 Å². The van der Waals surface area contributed by atoms with Gasteiger partial charge in [0.1, 0.15) is 0 Å². The fourth-order valence-electron chi connectivity index (χ4n) is 0.784. The summed E-state index contributed by atoms with van der Waals surface area (Å²) in [5, 5.41) is 8.68. The Balaban J connectivity index is 2.59. The van der Waals surface area contributed by atoms with Crippen molar-refractivity contribution < 1.29 is 23.0 Å². The number of rotatable bonds is 3. The smallest absolute Gasteiger partial charge is 0.422 e. The van der Waals surface area contributed by atoms with Gasteiger partial charge in [-0.1, -0.05) is 0 Å². The van der Waals surface area contributed by atoms with Crippen molar-refractivity contribution in [1.82, 2.24) is 4.98 Å². The summed E-state index contributed by atoms with van der Waals surface area (Å²) in [6, 6.07) is 2.74. The van der Waals surface area contributed by atoms with E-state index in [9.17, 15) is 13.2 Å². The molecule has 0 radical (unpaired) electrons. The quantitative estimate of drug-likeness (QED) is 0.816.